The highest BCUT2D eigenvalue weighted by Crippen LogP contribution is 2.35. The molecule has 0 aliphatic heterocycles. The van der Waals surface area contributed by atoms with Gasteiger partial charge in [-0.3, -0.25) is 10.4 Å². The van der Waals surface area contributed by atoms with Gasteiger partial charge in [-0.25, -0.2) is 4.98 Å². The molecule has 0 bridgehead atoms. The van der Waals surface area contributed by atoms with Crippen LogP contribution in [0.15, 0.2) is 191 Å². The summed E-state index contributed by atoms with van der Waals surface area (Å²) in [5.74, 6) is 0.526. The van der Waals surface area contributed by atoms with Crippen molar-refractivity contribution in [1.82, 2.24) is 9.97 Å². The standard InChI is InChI=1S/C46H38N5/c47-46-41(37-23-21-35(22-24-37)33-12-5-2-6-13-33)30-39(36-19-17-34(18-20-36)32-10-3-1-4-11-32)31-45(46)51-50-40-27-25-38(26-28-40)42-15-9-16-44(49-42)43-14-7-8-29-48-43/h1,3-5,7-19,21,23-31,35-36,50H,2,6,20,22H2/q-1/b51-45-. The van der Waals surface area contributed by atoms with Crippen LogP contribution in [0.2, 0.25) is 0 Å². The molecule has 5 heteroatoms. The van der Waals surface area contributed by atoms with E-state index in [0.717, 1.165) is 70.7 Å². The number of nitrogens with one attached hydrogen (secondary N) is 1. The Morgan fingerprint density at radius 1 is 0.627 bits per heavy atom. The second-order valence-corrected chi connectivity index (χ2v) is 13.1. The lowest BCUT2D eigenvalue weighted by atomic mass is 9.79. The first-order valence-electron chi connectivity index (χ1n) is 17.7. The first-order valence-corrected chi connectivity index (χ1v) is 17.7. The van der Waals surface area contributed by atoms with Crippen LogP contribution in [0.3, 0.4) is 0 Å². The van der Waals surface area contributed by atoms with Crippen LogP contribution < -0.4 is 5.43 Å². The average Bonchev–Trinajstić information content (AvgIpc) is 3.22. The Hall–Kier alpha value is -6.20. The van der Waals surface area contributed by atoms with Crippen molar-refractivity contribution in [2.24, 2.45) is 16.9 Å². The average molecular weight is 661 g/mol. The maximum atomic E-state index is 11.7. The molecule has 0 saturated carbocycles. The van der Waals surface area contributed by atoms with E-state index in [1.807, 2.05) is 72.8 Å². The maximum Gasteiger partial charge on any atom is 0.0893 e. The molecule has 0 radical (unpaired) electrons. The van der Waals surface area contributed by atoms with Gasteiger partial charge in [0.15, 0.2) is 0 Å². The third kappa shape index (κ3) is 7.24. The zero-order valence-corrected chi connectivity index (χ0v) is 28.4. The zero-order valence-electron chi connectivity index (χ0n) is 28.4. The first kappa shape index (κ1) is 32.0. The lowest BCUT2D eigenvalue weighted by Gasteiger charge is -2.29. The number of hydrogen-bond acceptors (Lipinski definition) is 4. The van der Waals surface area contributed by atoms with Gasteiger partial charge in [-0.2, -0.15) is 5.10 Å². The molecule has 2 unspecified atom stereocenters. The van der Waals surface area contributed by atoms with Gasteiger partial charge in [0, 0.05) is 23.6 Å². The van der Waals surface area contributed by atoms with Crippen LogP contribution in [0.5, 0.6) is 0 Å². The molecule has 4 aliphatic carbocycles. The van der Waals surface area contributed by atoms with Crippen molar-refractivity contribution in [3.05, 3.63) is 197 Å². The van der Waals surface area contributed by atoms with E-state index in [-0.39, 0.29) is 11.6 Å². The van der Waals surface area contributed by atoms with Crippen molar-refractivity contribution in [3.63, 3.8) is 0 Å². The summed E-state index contributed by atoms with van der Waals surface area (Å²) in [5.41, 5.74) is 15.0. The van der Waals surface area contributed by atoms with E-state index in [2.05, 4.69) is 95.4 Å². The third-order valence-corrected chi connectivity index (χ3v) is 9.77. The molecule has 4 aliphatic rings. The molecular weight excluding hydrogens is 623 g/mol. The molecule has 248 valence electrons. The van der Waals surface area contributed by atoms with E-state index in [1.165, 1.54) is 16.7 Å². The van der Waals surface area contributed by atoms with Crippen molar-refractivity contribution in [1.29, 1.82) is 0 Å². The number of hydrogen-bond donors (Lipinski definition) is 1. The van der Waals surface area contributed by atoms with Gasteiger partial charge in [0.1, 0.15) is 0 Å². The van der Waals surface area contributed by atoms with Crippen LogP contribution in [-0.4, -0.2) is 21.4 Å². The summed E-state index contributed by atoms with van der Waals surface area (Å²) < 4.78 is 0. The second kappa shape index (κ2) is 14.7. The smallest absolute Gasteiger partial charge is 0.0893 e. The summed E-state index contributed by atoms with van der Waals surface area (Å²) >= 11 is 0. The fraction of sp³-hybridized carbons (Fsp3) is 0.130. The number of nitrogens with zero attached hydrogens (tertiary/aromatic N) is 4. The summed E-state index contributed by atoms with van der Waals surface area (Å²) in [6.07, 6.45) is 30.3. The van der Waals surface area contributed by atoms with Crippen LogP contribution in [0, 0.1) is 11.8 Å². The Kier molecular flexibility index (Phi) is 9.25. The summed E-state index contributed by atoms with van der Waals surface area (Å²) in [6, 6.07) is 30.3. The number of allylic oxidation sites excluding steroid dienone is 16. The monoisotopic (exact) mass is 660 g/mol. The Labute approximate surface area is 299 Å². The summed E-state index contributed by atoms with van der Waals surface area (Å²) in [7, 11) is 0. The fourth-order valence-corrected chi connectivity index (χ4v) is 6.94. The van der Waals surface area contributed by atoms with Crippen LogP contribution in [0.1, 0.15) is 31.2 Å². The third-order valence-electron chi connectivity index (χ3n) is 9.77. The van der Waals surface area contributed by atoms with Crippen molar-refractivity contribution in [3.8, 4) is 22.6 Å². The van der Waals surface area contributed by atoms with Crippen molar-refractivity contribution < 1.29 is 0 Å². The molecule has 0 saturated heterocycles. The number of aromatic nitrogens is 2. The SMILES string of the molecule is [N-]=C1C(C2=CCC(C3=CCCC=C3)C=C2)=CC(C2C=CC(c3ccccc3)=CC2)=C/C1=N/Nc1ccc(-c2cccc(-c3ccccn3)n2)cc1. The van der Waals surface area contributed by atoms with Crippen molar-refractivity contribution in [2.45, 2.75) is 25.7 Å². The lowest BCUT2D eigenvalue weighted by Crippen LogP contribution is -2.22. The topological polar surface area (TPSA) is 72.5 Å². The molecule has 51 heavy (non-hydrogen) atoms. The Morgan fingerprint density at radius 2 is 1.37 bits per heavy atom. The summed E-state index contributed by atoms with van der Waals surface area (Å²) in [6.45, 7) is 0. The van der Waals surface area contributed by atoms with Gasteiger partial charge in [-0.1, -0.05) is 115 Å². The summed E-state index contributed by atoms with van der Waals surface area (Å²) in [5, 5.41) is 16.4. The molecule has 0 amide bonds. The number of anilines is 1. The summed E-state index contributed by atoms with van der Waals surface area (Å²) in [4.78, 5) is 9.29. The zero-order chi connectivity index (χ0) is 34.4. The molecule has 2 aromatic heterocycles. The molecule has 4 aromatic rings. The van der Waals surface area contributed by atoms with Gasteiger partial charge in [0.25, 0.3) is 0 Å². The molecule has 2 aromatic carbocycles. The van der Waals surface area contributed by atoms with Gasteiger partial charge in [-0.05, 0) is 102 Å². The predicted octanol–water partition coefficient (Wildman–Crippen LogP) is 10.9. The van der Waals surface area contributed by atoms with Gasteiger partial charge >= 0.3 is 0 Å². The van der Waals surface area contributed by atoms with Gasteiger partial charge < -0.3 is 5.41 Å². The largest absolute Gasteiger partial charge is 0.802 e. The highest BCUT2D eigenvalue weighted by Gasteiger charge is 2.22. The maximum absolute atomic E-state index is 11.7. The molecule has 1 N–H and O–H groups in total. The van der Waals surface area contributed by atoms with E-state index >= 15 is 0 Å². The van der Waals surface area contributed by atoms with Gasteiger partial charge in [0.05, 0.1) is 28.5 Å². The molecule has 0 fully saturated rings. The number of benzene rings is 2. The van der Waals surface area contributed by atoms with Crippen LogP contribution >= 0.6 is 0 Å². The lowest BCUT2D eigenvalue weighted by molar-refractivity contribution is 0.765. The van der Waals surface area contributed by atoms with E-state index in [9.17, 15) is 5.41 Å². The Morgan fingerprint density at radius 3 is 2.10 bits per heavy atom. The van der Waals surface area contributed by atoms with E-state index in [4.69, 9.17) is 10.1 Å². The highest BCUT2D eigenvalue weighted by atomic mass is 15.3. The van der Waals surface area contributed by atoms with Crippen molar-refractivity contribution in [2.75, 3.05) is 5.43 Å². The van der Waals surface area contributed by atoms with Gasteiger partial charge in [0.2, 0.25) is 0 Å². The fourth-order valence-electron chi connectivity index (χ4n) is 6.94. The Balaban J connectivity index is 1.04. The normalized spacial score (nSPS) is 20.7. The quantitative estimate of drug-likeness (QED) is 0.151. The molecular formula is C46H38N5-. The molecule has 2 heterocycles. The minimum Gasteiger partial charge on any atom is -0.802 e. The number of pyridine rings is 2. The molecule has 0 spiro atoms. The molecule has 5 nitrogen and oxygen atoms in total. The van der Waals surface area contributed by atoms with Gasteiger partial charge in [-0.15, -0.1) is 5.71 Å². The predicted molar refractivity (Wildman–Crippen MR) is 212 cm³/mol. The number of rotatable bonds is 8. The van der Waals surface area contributed by atoms with E-state index < -0.39 is 0 Å². The van der Waals surface area contributed by atoms with Crippen LogP contribution in [-0.2, 0) is 0 Å². The molecule has 2 atom stereocenters. The van der Waals surface area contributed by atoms with Crippen LogP contribution in [0.4, 0.5) is 5.69 Å². The highest BCUT2D eigenvalue weighted by molar-refractivity contribution is 6.55. The minimum atomic E-state index is 0.165. The molecule has 8 rings (SSSR count). The van der Waals surface area contributed by atoms with Crippen molar-refractivity contribution >= 4 is 22.7 Å². The first-order chi connectivity index (χ1) is 25.2. The van der Waals surface area contributed by atoms with Crippen LogP contribution in [0.25, 0.3) is 33.6 Å². The minimum absolute atomic E-state index is 0.165. The Bertz CT molecular complexity index is 2230. The second-order valence-electron chi connectivity index (χ2n) is 13.1. The van der Waals surface area contributed by atoms with E-state index in [0.29, 0.717) is 11.6 Å². The number of hydrazone groups is 1. The van der Waals surface area contributed by atoms with E-state index in [1.54, 1.807) is 6.20 Å².